The number of pyridine rings is 1. The third-order valence-corrected chi connectivity index (χ3v) is 7.03. The molecule has 0 aliphatic rings. The maximum atomic E-state index is 10.8. The quantitative estimate of drug-likeness (QED) is 0.0810. The minimum atomic E-state index is -0.940. The molecule has 0 aliphatic carbocycles. The van der Waals surface area contributed by atoms with E-state index in [0.717, 1.165) is 35.0 Å². The van der Waals surface area contributed by atoms with Crippen molar-refractivity contribution in [1.29, 1.82) is 0 Å². The lowest BCUT2D eigenvalue weighted by molar-refractivity contribution is 0.0698. The Bertz CT molecular complexity index is 1670. The fourth-order valence-corrected chi connectivity index (χ4v) is 4.91. The van der Waals surface area contributed by atoms with Gasteiger partial charge in [-0.05, 0) is 67.3 Å². The van der Waals surface area contributed by atoms with E-state index >= 15 is 0 Å². The molecule has 1 heterocycles. The smallest absolute Gasteiger partial charge is 0.337 e. The highest BCUT2D eigenvalue weighted by Gasteiger charge is 2.09. The zero-order valence-electron chi connectivity index (χ0n) is 25.9. The van der Waals surface area contributed by atoms with Crippen molar-refractivity contribution in [3.8, 4) is 11.5 Å². The molecular formula is C34H37Cl4N5O4. The summed E-state index contributed by atoms with van der Waals surface area (Å²) in [6.45, 7) is 5.11. The Labute approximate surface area is 294 Å². The van der Waals surface area contributed by atoms with Gasteiger partial charge in [0.05, 0.1) is 38.9 Å². The van der Waals surface area contributed by atoms with Crippen LogP contribution in [-0.4, -0.2) is 29.3 Å². The molecule has 5 aromatic rings. The molecule has 0 radical (unpaired) electrons. The number of carboxylic acid groups (broad SMARTS) is 1. The van der Waals surface area contributed by atoms with Gasteiger partial charge in [-0.2, -0.15) is 0 Å². The van der Waals surface area contributed by atoms with E-state index in [-0.39, 0.29) is 5.56 Å². The van der Waals surface area contributed by atoms with Crippen LogP contribution < -0.4 is 32.4 Å². The molecule has 0 unspecified atom stereocenters. The number of aromatic carboxylic acids is 1. The molecule has 0 amide bonds. The number of fused-ring (bicyclic) bond motifs is 1. The third-order valence-electron chi connectivity index (χ3n) is 5.91. The number of hydrogen-bond donors (Lipinski definition) is 5. The number of rotatable bonds is 7. The molecule has 0 saturated heterocycles. The van der Waals surface area contributed by atoms with Crippen molar-refractivity contribution in [2.45, 2.75) is 26.7 Å². The van der Waals surface area contributed by atoms with Crippen LogP contribution in [0, 0.1) is 0 Å². The Morgan fingerprint density at radius 2 is 1.17 bits per heavy atom. The molecule has 0 fully saturated rings. The van der Waals surface area contributed by atoms with Crippen LogP contribution in [0.5, 0.6) is 11.5 Å². The summed E-state index contributed by atoms with van der Waals surface area (Å²) in [5.74, 6) is 0.0790. The number of carbonyl (C=O) groups is 1. The Morgan fingerprint density at radius 3 is 1.62 bits per heavy atom. The predicted molar refractivity (Wildman–Crippen MR) is 197 cm³/mol. The second kappa shape index (κ2) is 20.1. The molecule has 47 heavy (non-hydrogen) atoms. The maximum absolute atomic E-state index is 10.8. The van der Waals surface area contributed by atoms with Crippen molar-refractivity contribution in [2.75, 3.05) is 36.1 Å². The Morgan fingerprint density at radius 1 is 0.702 bits per heavy atom. The van der Waals surface area contributed by atoms with Gasteiger partial charge in [0.15, 0.2) is 11.5 Å². The lowest BCUT2D eigenvalue weighted by Crippen LogP contribution is -1.98. The summed E-state index contributed by atoms with van der Waals surface area (Å²) in [6.07, 6.45) is 5.08. The number of aromatic nitrogens is 1. The highest BCUT2D eigenvalue weighted by molar-refractivity contribution is 6.38. The fourth-order valence-electron chi connectivity index (χ4n) is 3.68. The van der Waals surface area contributed by atoms with Crippen LogP contribution in [0.3, 0.4) is 0 Å². The molecule has 9 nitrogen and oxygen atoms in total. The van der Waals surface area contributed by atoms with Gasteiger partial charge in [-0.25, -0.2) is 4.79 Å². The Kier molecular flexibility index (Phi) is 16.6. The largest absolute Gasteiger partial charge is 0.491 e. The van der Waals surface area contributed by atoms with Gasteiger partial charge in [0.25, 0.3) is 0 Å². The first kappa shape index (κ1) is 38.9. The molecule has 0 bridgehead atoms. The number of ether oxygens (including phenoxy) is 2. The molecule has 0 aliphatic heterocycles. The molecule has 5 rings (SSSR count). The molecule has 4 aromatic carbocycles. The topological polar surface area (TPSA) is 173 Å². The Balaban J connectivity index is 0.000000221. The second-order valence-electron chi connectivity index (χ2n) is 9.64. The monoisotopic (exact) mass is 719 g/mol. The van der Waals surface area contributed by atoms with Crippen LogP contribution in [0.2, 0.25) is 20.1 Å². The van der Waals surface area contributed by atoms with Gasteiger partial charge in [0.2, 0.25) is 0 Å². The fraction of sp³-hybridized carbons (Fsp3) is 0.176. The van der Waals surface area contributed by atoms with Crippen LogP contribution in [0.1, 0.15) is 37.0 Å². The summed E-state index contributed by atoms with van der Waals surface area (Å²) in [5, 5.41) is 12.2. The first-order chi connectivity index (χ1) is 22.4. The lowest BCUT2D eigenvalue weighted by Gasteiger charge is -2.09. The maximum Gasteiger partial charge on any atom is 0.337 e. The first-order valence-corrected chi connectivity index (χ1v) is 15.8. The van der Waals surface area contributed by atoms with Gasteiger partial charge in [-0.15, -0.1) is 0 Å². The molecule has 250 valence electrons. The number of nitrogen functional groups attached to an aromatic ring is 4. The number of unbranched alkanes of at least 4 members (excludes halogenated alkanes) is 1. The summed E-state index contributed by atoms with van der Waals surface area (Å²) in [5.41, 5.74) is 24.6. The van der Waals surface area contributed by atoms with E-state index in [4.69, 9.17) is 83.9 Å². The van der Waals surface area contributed by atoms with Crippen molar-refractivity contribution in [1.82, 2.24) is 4.98 Å². The van der Waals surface area contributed by atoms with E-state index in [1.165, 1.54) is 6.20 Å². The van der Waals surface area contributed by atoms with Crippen molar-refractivity contribution in [3.05, 3.63) is 111 Å². The molecular weight excluding hydrogens is 684 g/mol. The average Bonchev–Trinajstić information content (AvgIpc) is 3.02. The number of anilines is 4. The number of halogens is 4. The van der Waals surface area contributed by atoms with Gasteiger partial charge in [0, 0.05) is 40.5 Å². The second-order valence-corrected chi connectivity index (χ2v) is 11.3. The molecule has 0 saturated carbocycles. The summed E-state index contributed by atoms with van der Waals surface area (Å²) < 4.78 is 10.6. The van der Waals surface area contributed by atoms with Gasteiger partial charge < -0.3 is 37.5 Å². The van der Waals surface area contributed by atoms with Crippen molar-refractivity contribution in [3.63, 3.8) is 0 Å². The predicted octanol–water partition coefficient (Wildman–Crippen LogP) is 9.51. The van der Waals surface area contributed by atoms with E-state index in [0.29, 0.717) is 56.2 Å². The number of nitrogens with two attached hydrogens (primary N) is 4. The summed E-state index contributed by atoms with van der Waals surface area (Å²) in [6, 6.07) is 20.9. The van der Waals surface area contributed by atoms with E-state index in [2.05, 4.69) is 11.9 Å². The number of nitrogens with zero attached hydrogens (tertiary/aromatic N) is 1. The molecule has 0 spiro atoms. The zero-order chi connectivity index (χ0) is 34.9. The van der Waals surface area contributed by atoms with Gasteiger partial charge >= 0.3 is 5.97 Å². The van der Waals surface area contributed by atoms with Crippen LogP contribution >= 0.6 is 46.4 Å². The highest BCUT2D eigenvalue weighted by atomic mass is 35.5. The van der Waals surface area contributed by atoms with E-state index in [1.54, 1.807) is 60.8 Å². The highest BCUT2D eigenvalue weighted by Crippen LogP contribution is 2.36. The minimum Gasteiger partial charge on any atom is -0.491 e. The number of hydrogen-bond acceptors (Lipinski definition) is 8. The summed E-state index contributed by atoms with van der Waals surface area (Å²) in [7, 11) is 0. The summed E-state index contributed by atoms with van der Waals surface area (Å²) in [4.78, 5) is 14.6. The van der Waals surface area contributed by atoms with E-state index in [9.17, 15) is 4.79 Å². The van der Waals surface area contributed by atoms with Crippen molar-refractivity contribution >= 4 is 85.9 Å². The molecule has 9 N–H and O–H groups in total. The van der Waals surface area contributed by atoms with Crippen LogP contribution in [0.4, 0.5) is 22.7 Å². The SMILES string of the molecule is CCCCOc1c(Cl)cc(N)cc1Cl.CCOc1c(Cl)cc(N)cc1Cl.Nc1ccc(N)cc1.O=C(O)c1cncc2ccccc12. The number of carboxylic acids is 1. The Hall–Kier alpha value is -4.28. The third kappa shape index (κ3) is 13.2. The lowest BCUT2D eigenvalue weighted by atomic mass is 10.1. The van der Waals surface area contributed by atoms with Crippen molar-refractivity contribution < 1.29 is 19.4 Å². The summed E-state index contributed by atoms with van der Waals surface area (Å²) >= 11 is 23.5. The zero-order valence-corrected chi connectivity index (χ0v) is 28.9. The van der Waals surface area contributed by atoms with Crippen LogP contribution in [0.15, 0.2) is 85.2 Å². The normalized spacial score (nSPS) is 9.91. The van der Waals surface area contributed by atoms with E-state index in [1.807, 2.05) is 25.1 Å². The van der Waals surface area contributed by atoms with Crippen LogP contribution in [-0.2, 0) is 0 Å². The van der Waals surface area contributed by atoms with Gasteiger partial charge in [-0.3, -0.25) is 4.98 Å². The molecule has 0 atom stereocenters. The average molecular weight is 722 g/mol. The number of benzene rings is 4. The van der Waals surface area contributed by atoms with Crippen LogP contribution in [0.25, 0.3) is 10.8 Å². The minimum absolute atomic E-state index is 0.248. The molecule has 1 aromatic heterocycles. The molecule has 13 heteroatoms. The van der Waals surface area contributed by atoms with Crippen molar-refractivity contribution in [2.24, 2.45) is 0 Å². The van der Waals surface area contributed by atoms with E-state index < -0.39 is 5.97 Å². The first-order valence-electron chi connectivity index (χ1n) is 14.3. The van der Waals surface area contributed by atoms with Gasteiger partial charge in [0.1, 0.15) is 0 Å². The standard InChI is InChI=1S/C10H13Cl2NO.C10H7NO2.C8H9Cl2NO.C6H8N2/c1-2-3-4-14-10-8(11)5-7(13)6-9(10)12;12-10(13)9-6-11-5-7-3-1-2-4-8(7)9;1-2-12-8-6(9)3-5(11)4-7(8)10;7-5-1-2-6(8)4-3-5/h5-6H,2-4,13H2,1H3;1-6H,(H,12,13);3-4H,2,11H2,1H3;1-4H,7-8H2. The van der Waals surface area contributed by atoms with Gasteiger partial charge in [-0.1, -0.05) is 84.0 Å².